The van der Waals surface area contributed by atoms with Gasteiger partial charge in [-0.1, -0.05) is 13.8 Å². The van der Waals surface area contributed by atoms with Gasteiger partial charge in [-0.25, -0.2) is 0 Å². The second kappa shape index (κ2) is 6.37. The Morgan fingerprint density at radius 2 is 1.67 bits per heavy atom. The molecule has 1 aromatic rings. The molecule has 0 amide bonds. The minimum Gasteiger partial charge on any atom is -0.354 e. The average Bonchev–Trinajstić information content (AvgIpc) is 2.28. The van der Waals surface area contributed by atoms with Crippen LogP contribution in [0.5, 0.6) is 0 Å². The van der Waals surface area contributed by atoms with Gasteiger partial charge in [0, 0.05) is 34.2 Å². The molecular formula is C12H24N6. The van der Waals surface area contributed by atoms with E-state index in [1.54, 1.807) is 0 Å². The molecule has 0 atom stereocenters. The van der Waals surface area contributed by atoms with Crippen LogP contribution in [0.3, 0.4) is 0 Å². The number of aromatic nitrogens is 3. The van der Waals surface area contributed by atoms with Gasteiger partial charge < -0.3 is 15.1 Å². The van der Waals surface area contributed by atoms with Gasteiger partial charge in [0.15, 0.2) is 0 Å². The molecule has 102 valence electrons. The molecule has 0 bridgehead atoms. The van der Waals surface area contributed by atoms with Gasteiger partial charge in [0.25, 0.3) is 0 Å². The first-order chi connectivity index (χ1) is 8.43. The Morgan fingerprint density at radius 1 is 1.06 bits per heavy atom. The van der Waals surface area contributed by atoms with Gasteiger partial charge in [0.2, 0.25) is 17.8 Å². The van der Waals surface area contributed by atoms with E-state index in [1.807, 2.05) is 33.0 Å². The smallest absolute Gasteiger partial charge is 0.231 e. The second-order valence-electron chi connectivity index (χ2n) is 4.96. The minimum atomic E-state index is 0.567. The average molecular weight is 252 g/mol. The summed E-state index contributed by atoms with van der Waals surface area (Å²) in [7, 11) is 5.86. The van der Waals surface area contributed by atoms with Crippen molar-refractivity contribution < 1.29 is 0 Å². The van der Waals surface area contributed by atoms with E-state index in [1.165, 1.54) is 0 Å². The maximum Gasteiger partial charge on any atom is 0.231 e. The van der Waals surface area contributed by atoms with E-state index in [0.717, 1.165) is 13.1 Å². The van der Waals surface area contributed by atoms with E-state index in [-0.39, 0.29) is 0 Å². The lowest BCUT2D eigenvalue weighted by Crippen LogP contribution is -2.26. The summed E-state index contributed by atoms with van der Waals surface area (Å²) in [4.78, 5) is 17.2. The maximum absolute atomic E-state index is 4.46. The van der Waals surface area contributed by atoms with E-state index < -0.39 is 0 Å². The standard InChI is InChI=1S/C12H24N6/c1-7-13-10-14-11(17(4)5)16-12(15-10)18(6)8-9(2)3/h9H,7-8H2,1-6H3,(H,13,14,15,16). The summed E-state index contributed by atoms with van der Waals surface area (Å²) in [5, 5.41) is 3.14. The summed E-state index contributed by atoms with van der Waals surface area (Å²) in [6.45, 7) is 8.09. The van der Waals surface area contributed by atoms with Gasteiger partial charge in [0.05, 0.1) is 0 Å². The van der Waals surface area contributed by atoms with E-state index in [0.29, 0.717) is 23.8 Å². The normalized spacial score (nSPS) is 10.6. The Balaban J connectivity index is 3.02. The van der Waals surface area contributed by atoms with Crippen LogP contribution in [0, 0.1) is 5.92 Å². The third-order valence-corrected chi connectivity index (χ3v) is 2.33. The van der Waals surface area contributed by atoms with Gasteiger partial charge in [-0.2, -0.15) is 15.0 Å². The highest BCUT2D eigenvalue weighted by Gasteiger charge is 2.12. The first-order valence-corrected chi connectivity index (χ1v) is 6.32. The second-order valence-corrected chi connectivity index (χ2v) is 4.96. The molecule has 0 spiro atoms. The molecule has 18 heavy (non-hydrogen) atoms. The van der Waals surface area contributed by atoms with Crippen molar-refractivity contribution in [3.05, 3.63) is 0 Å². The monoisotopic (exact) mass is 252 g/mol. The van der Waals surface area contributed by atoms with Crippen LogP contribution < -0.4 is 15.1 Å². The van der Waals surface area contributed by atoms with Gasteiger partial charge in [-0.15, -0.1) is 0 Å². The predicted octanol–water partition coefficient (Wildman–Crippen LogP) is 1.46. The van der Waals surface area contributed by atoms with Crippen LogP contribution in [-0.2, 0) is 0 Å². The number of rotatable bonds is 6. The molecule has 0 saturated carbocycles. The lowest BCUT2D eigenvalue weighted by Gasteiger charge is -2.21. The predicted molar refractivity (Wildman–Crippen MR) is 76.4 cm³/mol. The Labute approximate surface area is 109 Å². The van der Waals surface area contributed by atoms with Crippen molar-refractivity contribution in [1.29, 1.82) is 0 Å². The van der Waals surface area contributed by atoms with E-state index in [4.69, 9.17) is 0 Å². The highest BCUT2D eigenvalue weighted by Crippen LogP contribution is 2.15. The molecule has 0 saturated heterocycles. The van der Waals surface area contributed by atoms with Crippen LogP contribution in [0.2, 0.25) is 0 Å². The zero-order chi connectivity index (χ0) is 13.7. The zero-order valence-corrected chi connectivity index (χ0v) is 12.2. The molecule has 6 nitrogen and oxygen atoms in total. The fourth-order valence-corrected chi connectivity index (χ4v) is 1.59. The lowest BCUT2D eigenvalue weighted by molar-refractivity contribution is 0.629. The van der Waals surface area contributed by atoms with Crippen molar-refractivity contribution in [2.45, 2.75) is 20.8 Å². The summed E-state index contributed by atoms with van der Waals surface area (Å²) in [6, 6.07) is 0. The summed E-state index contributed by atoms with van der Waals surface area (Å²) in [5.74, 6) is 2.57. The van der Waals surface area contributed by atoms with Crippen molar-refractivity contribution in [3.63, 3.8) is 0 Å². The number of hydrogen-bond acceptors (Lipinski definition) is 6. The molecule has 0 aliphatic carbocycles. The van der Waals surface area contributed by atoms with Gasteiger partial charge >= 0.3 is 0 Å². The van der Waals surface area contributed by atoms with Gasteiger partial charge in [-0.3, -0.25) is 0 Å². The topological polar surface area (TPSA) is 57.2 Å². The van der Waals surface area contributed by atoms with Gasteiger partial charge in [-0.05, 0) is 12.8 Å². The van der Waals surface area contributed by atoms with Crippen LogP contribution >= 0.6 is 0 Å². The Bertz CT molecular complexity index is 377. The highest BCUT2D eigenvalue weighted by molar-refractivity contribution is 5.44. The summed E-state index contributed by atoms with van der Waals surface area (Å²) in [5.41, 5.74) is 0. The fourth-order valence-electron chi connectivity index (χ4n) is 1.59. The van der Waals surface area contributed by atoms with E-state index in [2.05, 4.69) is 39.0 Å². The largest absolute Gasteiger partial charge is 0.354 e. The molecule has 0 aliphatic heterocycles. The summed E-state index contributed by atoms with van der Waals surface area (Å²) in [6.07, 6.45) is 0. The molecule has 0 fully saturated rings. The Hall–Kier alpha value is -1.59. The molecule has 0 aromatic carbocycles. The number of anilines is 3. The molecule has 0 radical (unpaired) electrons. The Kier molecular flexibility index (Phi) is 5.12. The molecule has 0 unspecified atom stereocenters. The van der Waals surface area contributed by atoms with Crippen molar-refractivity contribution in [1.82, 2.24) is 15.0 Å². The minimum absolute atomic E-state index is 0.567. The first-order valence-electron chi connectivity index (χ1n) is 6.32. The molecule has 1 heterocycles. The molecule has 1 rings (SSSR count). The molecular weight excluding hydrogens is 228 g/mol. The van der Waals surface area contributed by atoms with Crippen LogP contribution in [0.15, 0.2) is 0 Å². The highest BCUT2D eigenvalue weighted by atomic mass is 15.3. The van der Waals surface area contributed by atoms with Crippen molar-refractivity contribution >= 4 is 17.8 Å². The van der Waals surface area contributed by atoms with Crippen LogP contribution in [0.1, 0.15) is 20.8 Å². The number of nitrogens with zero attached hydrogens (tertiary/aromatic N) is 5. The first kappa shape index (κ1) is 14.5. The Morgan fingerprint density at radius 3 is 2.17 bits per heavy atom. The number of nitrogens with one attached hydrogen (secondary N) is 1. The zero-order valence-electron chi connectivity index (χ0n) is 12.2. The van der Waals surface area contributed by atoms with Crippen molar-refractivity contribution in [2.75, 3.05) is 49.3 Å². The lowest BCUT2D eigenvalue weighted by atomic mass is 10.2. The van der Waals surface area contributed by atoms with E-state index in [9.17, 15) is 0 Å². The molecule has 0 aliphatic rings. The van der Waals surface area contributed by atoms with E-state index >= 15 is 0 Å². The van der Waals surface area contributed by atoms with Crippen LogP contribution in [0.4, 0.5) is 17.8 Å². The summed E-state index contributed by atoms with van der Waals surface area (Å²) >= 11 is 0. The van der Waals surface area contributed by atoms with Crippen molar-refractivity contribution in [2.24, 2.45) is 5.92 Å². The molecule has 6 heteroatoms. The third kappa shape index (κ3) is 4.01. The molecule has 1 aromatic heterocycles. The summed E-state index contributed by atoms with van der Waals surface area (Å²) < 4.78 is 0. The quantitative estimate of drug-likeness (QED) is 0.827. The number of hydrogen-bond donors (Lipinski definition) is 1. The van der Waals surface area contributed by atoms with Crippen molar-refractivity contribution in [3.8, 4) is 0 Å². The maximum atomic E-state index is 4.46. The van der Waals surface area contributed by atoms with Gasteiger partial charge in [0.1, 0.15) is 0 Å². The molecule has 1 N–H and O–H groups in total. The SMILES string of the molecule is CCNc1nc(N(C)C)nc(N(C)CC(C)C)n1. The van der Waals surface area contributed by atoms with Crippen LogP contribution in [-0.4, -0.2) is 49.2 Å². The van der Waals surface area contributed by atoms with Crippen LogP contribution in [0.25, 0.3) is 0 Å². The third-order valence-electron chi connectivity index (χ3n) is 2.33. The fraction of sp³-hybridized carbons (Fsp3) is 0.750.